The van der Waals surface area contributed by atoms with E-state index in [1.807, 2.05) is 41.9 Å². The number of aryl methyl sites for hydroxylation is 2. The van der Waals surface area contributed by atoms with Gasteiger partial charge in [-0.3, -0.25) is 4.68 Å². The minimum Gasteiger partial charge on any atom is -0.336 e. The van der Waals surface area contributed by atoms with Crippen molar-refractivity contribution in [2.24, 2.45) is 7.05 Å². The molecule has 6 heteroatoms. The van der Waals surface area contributed by atoms with Gasteiger partial charge in [-0.05, 0) is 29.4 Å². The second kappa shape index (κ2) is 5.67. The van der Waals surface area contributed by atoms with Crippen molar-refractivity contribution in [3.05, 3.63) is 34.6 Å². The first-order valence-electron chi connectivity index (χ1n) is 6.04. The van der Waals surface area contributed by atoms with Crippen LogP contribution >= 0.6 is 15.9 Å². The van der Waals surface area contributed by atoms with Crippen LogP contribution in [-0.4, -0.2) is 26.4 Å². The third kappa shape index (κ3) is 2.35. The molecule has 0 amide bonds. The van der Waals surface area contributed by atoms with Crippen molar-refractivity contribution in [2.45, 2.75) is 25.9 Å². The smallest absolute Gasteiger partial charge is 0.131 e. The summed E-state index contributed by atoms with van der Waals surface area (Å²) < 4.78 is 5.06. The summed E-state index contributed by atoms with van der Waals surface area (Å²) in [6.07, 6.45) is 6.67. The van der Waals surface area contributed by atoms with Crippen LogP contribution in [0, 0.1) is 0 Å². The summed E-state index contributed by atoms with van der Waals surface area (Å²) in [5.74, 6) is 0.982. The fourth-order valence-electron chi connectivity index (χ4n) is 2.09. The Morgan fingerprint density at radius 2 is 2.28 bits per heavy atom. The molecule has 0 aliphatic carbocycles. The number of nitrogens with zero attached hydrogens (tertiary/aromatic N) is 4. The van der Waals surface area contributed by atoms with Crippen molar-refractivity contribution in [3.63, 3.8) is 0 Å². The highest BCUT2D eigenvalue weighted by molar-refractivity contribution is 9.10. The van der Waals surface area contributed by atoms with Crippen LogP contribution in [0.25, 0.3) is 0 Å². The van der Waals surface area contributed by atoms with E-state index in [-0.39, 0.29) is 6.04 Å². The van der Waals surface area contributed by atoms with Gasteiger partial charge in [-0.2, -0.15) is 5.10 Å². The van der Waals surface area contributed by atoms with E-state index in [0.717, 1.165) is 29.0 Å². The maximum absolute atomic E-state index is 4.42. The fraction of sp³-hybridized carbons (Fsp3) is 0.500. The third-order valence-electron chi connectivity index (χ3n) is 2.95. The topological polar surface area (TPSA) is 47.7 Å². The standard InChI is InChI=1S/C12H18BrN5/c1-4-6-18-11(9(13)8-16-18)10(14-2)12-15-5-7-17(12)3/h5,7-8,10,14H,4,6H2,1-3H3. The predicted octanol–water partition coefficient (Wildman–Crippen LogP) is 2.10. The minimum absolute atomic E-state index is 0.0356. The van der Waals surface area contributed by atoms with Crippen molar-refractivity contribution >= 4 is 15.9 Å². The Morgan fingerprint density at radius 3 is 2.83 bits per heavy atom. The van der Waals surface area contributed by atoms with E-state index in [4.69, 9.17) is 0 Å². The molecule has 0 saturated carbocycles. The van der Waals surface area contributed by atoms with Crippen LogP contribution < -0.4 is 5.32 Å². The van der Waals surface area contributed by atoms with E-state index < -0.39 is 0 Å². The number of aromatic nitrogens is 4. The molecule has 0 fully saturated rings. The van der Waals surface area contributed by atoms with E-state index in [0.29, 0.717) is 0 Å². The molecule has 98 valence electrons. The Morgan fingerprint density at radius 1 is 1.50 bits per heavy atom. The van der Waals surface area contributed by atoms with Gasteiger partial charge in [-0.15, -0.1) is 0 Å². The molecule has 0 aliphatic heterocycles. The van der Waals surface area contributed by atoms with Gasteiger partial charge >= 0.3 is 0 Å². The molecule has 2 aromatic heterocycles. The summed E-state index contributed by atoms with van der Waals surface area (Å²) in [7, 11) is 3.94. The molecule has 1 N–H and O–H groups in total. The molecule has 0 spiro atoms. The van der Waals surface area contributed by atoms with Gasteiger partial charge in [0.25, 0.3) is 0 Å². The van der Waals surface area contributed by atoms with Gasteiger partial charge in [0, 0.05) is 26.0 Å². The number of hydrogen-bond donors (Lipinski definition) is 1. The molecule has 18 heavy (non-hydrogen) atoms. The summed E-state index contributed by atoms with van der Waals surface area (Å²) in [5.41, 5.74) is 1.12. The van der Waals surface area contributed by atoms with E-state index in [1.165, 1.54) is 0 Å². The second-order valence-corrected chi connectivity index (χ2v) is 5.07. The van der Waals surface area contributed by atoms with E-state index in [1.54, 1.807) is 0 Å². The molecular weight excluding hydrogens is 294 g/mol. The second-order valence-electron chi connectivity index (χ2n) is 4.22. The molecule has 0 radical (unpaired) electrons. The Bertz CT molecular complexity index is 516. The van der Waals surface area contributed by atoms with Gasteiger partial charge in [0.15, 0.2) is 0 Å². The Kier molecular flexibility index (Phi) is 4.19. The lowest BCUT2D eigenvalue weighted by atomic mass is 10.2. The van der Waals surface area contributed by atoms with Crippen molar-refractivity contribution in [2.75, 3.05) is 7.05 Å². The minimum atomic E-state index is 0.0356. The van der Waals surface area contributed by atoms with Crippen LogP contribution in [0.15, 0.2) is 23.1 Å². The maximum atomic E-state index is 4.42. The SMILES string of the molecule is CCCn1ncc(Br)c1C(NC)c1nccn1C. The normalized spacial score (nSPS) is 12.9. The highest BCUT2D eigenvalue weighted by Gasteiger charge is 2.23. The van der Waals surface area contributed by atoms with Gasteiger partial charge in [0.05, 0.1) is 16.4 Å². The van der Waals surface area contributed by atoms with Crippen LogP contribution in [0.1, 0.15) is 30.9 Å². The highest BCUT2D eigenvalue weighted by atomic mass is 79.9. The first-order chi connectivity index (χ1) is 8.69. The van der Waals surface area contributed by atoms with Gasteiger partial charge in [-0.25, -0.2) is 4.98 Å². The number of halogens is 1. The molecule has 0 bridgehead atoms. The van der Waals surface area contributed by atoms with E-state index in [9.17, 15) is 0 Å². The number of hydrogen-bond acceptors (Lipinski definition) is 3. The van der Waals surface area contributed by atoms with Crippen LogP contribution in [0.5, 0.6) is 0 Å². The van der Waals surface area contributed by atoms with Crippen LogP contribution in [0.2, 0.25) is 0 Å². The summed E-state index contributed by atoms with van der Waals surface area (Å²) in [6, 6.07) is 0.0356. The van der Waals surface area contributed by atoms with E-state index >= 15 is 0 Å². The predicted molar refractivity (Wildman–Crippen MR) is 74.3 cm³/mol. The number of rotatable bonds is 5. The molecule has 1 atom stereocenters. The van der Waals surface area contributed by atoms with Gasteiger partial charge < -0.3 is 9.88 Å². The molecule has 2 rings (SSSR count). The lowest BCUT2D eigenvalue weighted by molar-refractivity contribution is 0.514. The Hall–Kier alpha value is -1.14. The number of nitrogens with one attached hydrogen (secondary N) is 1. The molecule has 1 unspecified atom stereocenters. The number of imidazole rings is 1. The maximum Gasteiger partial charge on any atom is 0.131 e. The summed E-state index contributed by atoms with van der Waals surface area (Å²) in [6.45, 7) is 3.05. The zero-order valence-corrected chi connectivity index (χ0v) is 12.5. The van der Waals surface area contributed by atoms with E-state index in [2.05, 4.69) is 38.3 Å². The van der Waals surface area contributed by atoms with Gasteiger partial charge in [0.2, 0.25) is 0 Å². The molecule has 5 nitrogen and oxygen atoms in total. The average molecular weight is 312 g/mol. The fourth-order valence-corrected chi connectivity index (χ4v) is 2.62. The third-order valence-corrected chi connectivity index (χ3v) is 3.56. The quantitative estimate of drug-likeness (QED) is 0.920. The summed E-state index contributed by atoms with van der Waals surface area (Å²) in [4.78, 5) is 4.42. The average Bonchev–Trinajstić information content (AvgIpc) is 2.91. The van der Waals surface area contributed by atoms with Crippen LogP contribution in [-0.2, 0) is 13.6 Å². The lowest BCUT2D eigenvalue weighted by Crippen LogP contribution is -2.24. The molecule has 2 aromatic rings. The summed E-state index contributed by atoms with van der Waals surface area (Å²) >= 11 is 3.58. The monoisotopic (exact) mass is 311 g/mol. The Balaban J connectivity index is 2.45. The lowest BCUT2D eigenvalue weighted by Gasteiger charge is -2.18. The Labute approximate surface area is 115 Å². The van der Waals surface area contributed by atoms with Crippen LogP contribution in [0.4, 0.5) is 0 Å². The first kappa shape index (κ1) is 13.3. The van der Waals surface area contributed by atoms with Crippen molar-refractivity contribution in [1.29, 1.82) is 0 Å². The molecule has 0 aliphatic rings. The van der Waals surface area contributed by atoms with Crippen molar-refractivity contribution < 1.29 is 0 Å². The van der Waals surface area contributed by atoms with Crippen molar-refractivity contribution in [1.82, 2.24) is 24.6 Å². The zero-order chi connectivity index (χ0) is 13.1. The molecule has 2 heterocycles. The largest absolute Gasteiger partial charge is 0.336 e. The first-order valence-corrected chi connectivity index (χ1v) is 6.84. The zero-order valence-electron chi connectivity index (χ0n) is 10.9. The highest BCUT2D eigenvalue weighted by Crippen LogP contribution is 2.27. The van der Waals surface area contributed by atoms with Crippen molar-refractivity contribution in [3.8, 4) is 0 Å². The molecular formula is C12H18BrN5. The van der Waals surface area contributed by atoms with Gasteiger partial charge in [0.1, 0.15) is 11.9 Å². The van der Waals surface area contributed by atoms with Gasteiger partial charge in [-0.1, -0.05) is 6.92 Å². The molecule has 0 saturated heterocycles. The van der Waals surface area contributed by atoms with Crippen LogP contribution in [0.3, 0.4) is 0 Å². The summed E-state index contributed by atoms with van der Waals surface area (Å²) in [5, 5.41) is 7.72. The molecule has 0 aromatic carbocycles.